The fourth-order valence-corrected chi connectivity index (χ4v) is 6.86. The lowest BCUT2D eigenvalue weighted by Crippen LogP contribution is -2.23. The first-order chi connectivity index (χ1) is 19.5. The predicted molar refractivity (Wildman–Crippen MR) is 161 cm³/mol. The van der Waals surface area contributed by atoms with Gasteiger partial charge < -0.3 is 0 Å². The largest absolute Gasteiger partial charge is 0.206 e. The minimum atomic E-state index is -0.835. The molecule has 0 bridgehead atoms. The fraction of sp³-hybridized carbons (Fsp3) is 0.405. The third kappa shape index (κ3) is 6.29. The van der Waals surface area contributed by atoms with Gasteiger partial charge in [0, 0.05) is 11.1 Å². The Labute approximate surface area is 238 Å². The number of allylic oxidation sites excluding steroid dienone is 4. The van der Waals surface area contributed by atoms with Crippen LogP contribution in [0.2, 0.25) is 0 Å². The Kier molecular flexibility index (Phi) is 9.29. The lowest BCUT2D eigenvalue weighted by atomic mass is 9.70. The molecule has 0 saturated heterocycles. The highest BCUT2D eigenvalue weighted by atomic mass is 19.2. The van der Waals surface area contributed by atoms with E-state index in [1.54, 1.807) is 49.4 Å². The molecule has 0 nitrogen and oxygen atoms in total. The Morgan fingerprint density at radius 3 is 2.05 bits per heavy atom. The quantitative estimate of drug-likeness (QED) is 0.248. The average molecular weight is 543 g/mol. The normalized spacial score (nSPS) is 21.5. The monoisotopic (exact) mass is 542 g/mol. The maximum atomic E-state index is 15.3. The summed E-state index contributed by atoms with van der Waals surface area (Å²) < 4.78 is 44.2. The average Bonchev–Trinajstić information content (AvgIpc) is 2.99. The van der Waals surface area contributed by atoms with E-state index < -0.39 is 11.6 Å². The summed E-state index contributed by atoms with van der Waals surface area (Å²) in [6.45, 7) is 3.90. The molecule has 210 valence electrons. The van der Waals surface area contributed by atoms with Gasteiger partial charge in [0.25, 0.3) is 0 Å². The maximum Gasteiger partial charge on any atom is 0.166 e. The van der Waals surface area contributed by atoms with E-state index in [2.05, 4.69) is 25.2 Å². The second-order valence-corrected chi connectivity index (χ2v) is 11.7. The molecule has 0 spiro atoms. The van der Waals surface area contributed by atoms with Crippen LogP contribution in [0, 0.1) is 35.2 Å². The molecule has 2 aliphatic carbocycles. The molecular formula is C37H41F3. The topological polar surface area (TPSA) is 0 Å². The molecule has 0 amide bonds. The lowest BCUT2D eigenvalue weighted by Gasteiger charge is -2.35. The van der Waals surface area contributed by atoms with Crippen LogP contribution in [0.5, 0.6) is 0 Å². The lowest BCUT2D eigenvalue weighted by molar-refractivity contribution is 0.190. The van der Waals surface area contributed by atoms with Crippen molar-refractivity contribution in [3.05, 3.63) is 101 Å². The van der Waals surface area contributed by atoms with Gasteiger partial charge in [-0.15, -0.1) is 0 Å². The van der Waals surface area contributed by atoms with E-state index in [0.29, 0.717) is 23.1 Å². The minimum Gasteiger partial charge on any atom is -0.206 e. The Morgan fingerprint density at radius 1 is 0.750 bits per heavy atom. The SMILES string of the molecule is CC=CCCC1CCC(C2CC=C(c3ccc(-c4ccc(-c5ccc(CC)c(F)c5F)cc4)c(F)c3)CC2)CC1. The molecule has 0 aromatic heterocycles. The standard InChI is InChI=1S/C37H41F3/c1-3-5-6-7-25-8-10-27(11-9-25)28-12-14-29(15-13-28)32-21-22-33(35(38)24-32)30-16-18-31(19-17-30)34-23-20-26(4-2)36(39)37(34)40/h3,5,14,16-25,27-28H,4,6-13,15H2,1-2H3. The van der Waals surface area contributed by atoms with E-state index in [1.807, 2.05) is 12.1 Å². The van der Waals surface area contributed by atoms with Gasteiger partial charge in [0.1, 0.15) is 5.82 Å². The smallest absolute Gasteiger partial charge is 0.166 e. The van der Waals surface area contributed by atoms with E-state index in [0.717, 1.165) is 41.7 Å². The summed E-state index contributed by atoms with van der Waals surface area (Å²) in [6.07, 6.45) is 18.6. The van der Waals surface area contributed by atoms with Crippen molar-refractivity contribution in [2.75, 3.05) is 0 Å². The molecular weight excluding hydrogens is 501 g/mol. The Hall–Kier alpha value is -3.07. The summed E-state index contributed by atoms with van der Waals surface area (Å²) in [4.78, 5) is 0. The molecule has 5 rings (SSSR count). The molecule has 0 heterocycles. The second-order valence-electron chi connectivity index (χ2n) is 11.7. The highest BCUT2D eigenvalue weighted by Gasteiger charge is 2.28. The molecule has 0 aliphatic heterocycles. The van der Waals surface area contributed by atoms with E-state index in [9.17, 15) is 8.78 Å². The van der Waals surface area contributed by atoms with Crippen molar-refractivity contribution >= 4 is 5.57 Å². The number of aryl methyl sites for hydroxylation is 1. The van der Waals surface area contributed by atoms with Crippen molar-refractivity contribution in [1.82, 2.24) is 0 Å². The van der Waals surface area contributed by atoms with E-state index in [1.165, 1.54) is 50.5 Å². The highest BCUT2D eigenvalue weighted by Crippen LogP contribution is 2.42. The van der Waals surface area contributed by atoms with Crippen LogP contribution in [-0.4, -0.2) is 0 Å². The van der Waals surface area contributed by atoms with Crippen molar-refractivity contribution in [1.29, 1.82) is 0 Å². The van der Waals surface area contributed by atoms with Crippen LogP contribution >= 0.6 is 0 Å². The van der Waals surface area contributed by atoms with Crippen molar-refractivity contribution in [3.8, 4) is 22.3 Å². The van der Waals surface area contributed by atoms with Gasteiger partial charge in [0.2, 0.25) is 0 Å². The summed E-state index contributed by atoms with van der Waals surface area (Å²) in [5.74, 6) is 0.618. The molecule has 3 aromatic carbocycles. The first kappa shape index (κ1) is 28.5. The van der Waals surface area contributed by atoms with Crippen LogP contribution in [-0.2, 0) is 6.42 Å². The number of hydrogen-bond acceptors (Lipinski definition) is 0. The Morgan fingerprint density at radius 2 is 1.43 bits per heavy atom. The summed E-state index contributed by atoms with van der Waals surface area (Å²) in [7, 11) is 0. The first-order valence-electron chi connectivity index (χ1n) is 15.2. The molecule has 0 N–H and O–H groups in total. The molecule has 1 saturated carbocycles. The van der Waals surface area contributed by atoms with Gasteiger partial charge in [-0.2, -0.15) is 0 Å². The van der Waals surface area contributed by atoms with Crippen LogP contribution in [0.3, 0.4) is 0 Å². The summed E-state index contributed by atoms with van der Waals surface area (Å²) in [5, 5.41) is 0. The third-order valence-electron chi connectivity index (χ3n) is 9.38. The van der Waals surface area contributed by atoms with Gasteiger partial charge in [-0.25, -0.2) is 13.2 Å². The number of benzene rings is 3. The second kappa shape index (κ2) is 13.1. The molecule has 40 heavy (non-hydrogen) atoms. The zero-order valence-electron chi connectivity index (χ0n) is 23.9. The molecule has 1 unspecified atom stereocenters. The summed E-state index contributed by atoms with van der Waals surface area (Å²) in [5.41, 5.74) is 4.62. The highest BCUT2D eigenvalue weighted by molar-refractivity contribution is 5.74. The molecule has 1 fully saturated rings. The fourth-order valence-electron chi connectivity index (χ4n) is 6.86. The summed E-state index contributed by atoms with van der Waals surface area (Å²) >= 11 is 0. The third-order valence-corrected chi connectivity index (χ3v) is 9.38. The van der Waals surface area contributed by atoms with Crippen LogP contribution in [0.15, 0.2) is 72.8 Å². The molecule has 3 aromatic rings. The van der Waals surface area contributed by atoms with E-state index in [4.69, 9.17) is 0 Å². The maximum absolute atomic E-state index is 15.3. The Balaban J connectivity index is 1.22. The Bertz CT molecular complexity index is 1360. The van der Waals surface area contributed by atoms with Crippen LogP contribution in [0.1, 0.15) is 82.8 Å². The van der Waals surface area contributed by atoms with Gasteiger partial charge >= 0.3 is 0 Å². The van der Waals surface area contributed by atoms with E-state index >= 15 is 4.39 Å². The van der Waals surface area contributed by atoms with Gasteiger partial charge in [-0.3, -0.25) is 0 Å². The number of halogens is 3. The number of rotatable bonds is 8. The van der Waals surface area contributed by atoms with Crippen molar-refractivity contribution in [2.45, 2.75) is 78.1 Å². The van der Waals surface area contributed by atoms with Crippen LogP contribution < -0.4 is 0 Å². The van der Waals surface area contributed by atoms with Crippen molar-refractivity contribution in [2.24, 2.45) is 17.8 Å². The van der Waals surface area contributed by atoms with Gasteiger partial charge in [-0.1, -0.05) is 86.5 Å². The molecule has 2 aliphatic rings. The molecule has 0 radical (unpaired) electrons. The van der Waals surface area contributed by atoms with E-state index in [-0.39, 0.29) is 11.4 Å². The van der Waals surface area contributed by atoms with Crippen LogP contribution in [0.25, 0.3) is 27.8 Å². The number of hydrogen-bond donors (Lipinski definition) is 0. The zero-order chi connectivity index (χ0) is 28.1. The predicted octanol–water partition coefficient (Wildman–Crippen LogP) is 11.3. The van der Waals surface area contributed by atoms with Crippen LogP contribution in [0.4, 0.5) is 13.2 Å². The van der Waals surface area contributed by atoms with Crippen molar-refractivity contribution < 1.29 is 13.2 Å². The van der Waals surface area contributed by atoms with Crippen molar-refractivity contribution in [3.63, 3.8) is 0 Å². The van der Waals surface area contributed by atoms with Gasteiger partial charge in [-0.05, 0) is 110 Å². The molecule has 3 heteroatoms. The summed E-state index contributed by atoms with van der Waals surface area (Å²) in [6, 6.07) is 15.8. The molecule has 1 atom stereocenters. The first-order valence-corrected chi connectivity index (χ1v) is 15.2. The zero-order valence-corrected chi connectivity index (χ0v) is 23.9. The van der Waals surface area contributed by atoms with Gasteiger partial charge in [0.05, 0.1) is 0 Å². The minimum absolute atomic E-state index is 0.219. The van der Waals surface area contributed by atoms with Gasteiger partial charge in [0.15, 0.2) is 11.6 Å².